The van der Waals surface area contributed by atoms with Crippen molar-refractivity contribution < 1.29 is 19.1 Å². The van der Waals surface area contributed by atoms with Crippen molar-refractivity contribution in [2.24, 2.45) is 0 Å². The summed E-state index contributed by atoms with van der Waals surface area (Å²) in [6.45, 7) is 7.50. The molecule has 0 saturated heterocycles. The summed E-state index contributed by atoms with van der Waals surface area (Å²) in [4.78, 5) is 27.3. The molecule has 8 heteroatoms. The lowest BCUT2D eigenvalue weighted by Crippen LogP contribution is -2.35. The molecular weight excluding hydrogens is 414 g/mol. The first-order valence-corrected chi connectivity index (χ1v) is 11.3. The summed E-state index contributed by atoms with van der Waals surface area (Å²) in [5.74, 6) is 0.641. The Balaban J connectivity index is 1.69. The van der Waals surface area contributed by atoms with Gasteiger partial charge in [-0.2, -0.15) is 5.26 Å². The maximum Gasteiger partial charge on any atom is 0.410 e. The number of nitriles is 1. The predicted octanol–water partition coefficient (Wildman–Crippen LogP) is 4.67. The van der Waals surface area contributed by atoms with Gasteiger partial charge < -0.3 is 19.7 Å². The Bertz CT molecular complexity index is 995. The second-order valence-electron chi connectivity index (χ2n) is 7.35. The standard InChI is InChI=1S/C23H27N3O4S/c1-4-29-17-8-6-7-16(12-17)15(3)11-21(27)25-22-19(13-24)18-9-10-26(14-20(18)31-22)23(28)30-5-2/h6-8,12,15H,4-5,9-11,14H2,1-3H3,(H,25,27). The van der Waals surface area contributed by atoms with Gasteiger partial charge in [-0.05, 0) is 49.4 Å². The minimum Gasteiger partial charge on any atom is -0.494 e. The Labute approximate surface area is 186 Å². The van der Waals surface area contributed by atoms with E-state index in [1.807, 2.05) is 38.1 Å². The van der Waals surface area contributed by atoms with Crippen LogP contribution in [0, 0.1) is 11.3 Å². The van der Waals surface area contributed by atoms with E-state index in [-0.39, 0.29) is 24.3 Å². The zero-order valence-electron chi connectivity index (χ0n) is 18.1. The van der Waals surface area contributed by atoms with E-state index in [9.17, 15) is 14.9 Å². The third kappa shape index (κ3) is 5.36. The molecule has 1 N–H and O–H groups in total. The molecule has 1 unspecified atom stereocenters. The quantitative estimate of drug-likeness (QED) is 0.674. The number of nitrogens with one attached hydrogen (secondary N) is 1. The largest absolute Gasteiger partial charge is 0.494 e. The lowest BCUT2D eigenvalue weighted by Gasteiger charge is -2.25. The van der Waals surface area contributed by atoms with Crippen LogP contribution in [-0.4, -0.2) is 36.7 Å². The van der Waals surface area contributed by atoms with Crippen molar-refractivity contribution in [2.45, 2.75) is 46.1 Å². The summed E-state index contributed by atoms with van der Waals surface area (Å²) in [6.07, 6.45) is 0.510. The fraction of sp³-hybridized carbons (Fsp3) is 0.435. The minimum atomic E-state index is -0.353. The van der Waals surface area contributed by atoms with Crippen LogP contribution in [0.5, 0.6) is 5.75 Å². The van der Waals surface area contributed by atoms with Gasteiger partial charge in [-0.15, -0.1) is 11.3 Å². The molecule has 164 valence electrons. The Morgan fingerprint density at radius 3 is 2.84 bits per heavy atom. The summed E-state index contributed by atoms with van der Waals surface area (Å²) in [7, 11) is 0. The monoisotopic (exact) mass is 441 g/mol. The molecule has 1 aromatic carbocycles. The maximum atomic E-state index is 12.7. The number of nitrogens with zero attached hydrogens (tertiary/aromatic N) is 2. The first-order chi connectivity index (χ1) is 15.0. The first kappa shape index (κ1) is 22.6. The Kier molecular flexibility index (Phi) is 7.53. The van der Waals surface area contributed by atoms with E-state index in [4.69, 9.17) is 9.47 Å². The fourth-order valence-corrected chi connectivity index (χ4v) is 4.86. The van der Waals surface area contributed by atoms with E-state index in [0.717, 1.165) is 21.8 Å². The van der Waals surface area contributed by atoms with Gasteiger partial charge in [-0.1, -0.05) is 19.1 Å². The third-order valence-corrected chi connectivity index (χ3v) is 6.31. The van der Waals surface area contributed by atoms with Gasteiger partial charge in [0.05, 0.1) is 25.3 Å². The number of anilines is 1. The van der Waals surface area contributed by atoms with Crippen LogP contribution in [0.2, 0.25) is 0 Å². The molecule has 2 amide bonds. The predicted molar refractivity (Wildman–Crippen MR) is 119 cm³/mol. The van der Waals surface area contributed by atoms with E-state index < -0.39 is 0 Å². The highest BCUT2D eigenvalue weighted by Gasteiger charge is 2.28. The van der Waals surface area contributed by atoms with Crippen LogP contribution in [-0.2, 0) is 22.5 Å². The molecule has 1 aromatic heterocycles. The fourth-order valence-electron chi connectivity index (χ4n) is 3.63. The van der Waals surface area contributed by atoms with E-state index in [0.29, 0.717) is 43.3 Å². The number of hydrogen-bond donors (Lipinski definition) is 1. The number of amides is 2. The summed E-state index contributed by atoms with van der Waals surface area (Å²) in [5.41, 5.74) is 2.45. The van der Waals surface area contributed by atoms with E-state index in [2.05, 4.69) is 11.4 Å². The maximum absolute atomic E-state index is 12.7. The second kappa shape index (κ2) is 10.3. The number of thiophene rings is 1. The topological polar surface area (TPSA) is 91.7 Å². The highest BCUT2D eigenvalue weighted by Crippen LogP contribution is 2.37. The SMILES string of the molecule is CCOC(=O)N1CCc2c(sc(NC(=O)CC(C)c3cccc(OCC)c3)c2C#N)C1. The Morgan fingerprint density at radius 2 is 2.13 bits per heavy atom. The molecule has 0 radical (unpaired) electrons. The van der Waals surface area contributed by atoms with E-state index >= 15 is 0 Å². The lowest BCUT2D eigenvalue weighted by atomic mass is 9.97. The summed E-state index contributed by atoms with van der Waals surface area (Å²) in [6, 6.07) is 9.98. The van der Waals surface area contributed by atoms with Crippen LogP contribution >= 0.6 is 11.3 Å². The number of rotatable bonds is 7. The van der Waals surface area contributed by atoms with Crippen LogP contribution in [0.3, 0.4) is 0 Å². The van der Waals surface area contributed by atoms with Gasteiger partial charge in [0, 0.05) is 17.8 Å². The summed E-state index contributed by atoms with van der Waals surface area (Å²) < 4.78 is 10.6. The normalized spacial score (nSPS) is 13.7. The van der Waals surface area contributed by atoms with Gasteiger partial charge >= 0.3 is 6.09 Å². The lowest BCUT2D eigenvalue weighted by molar-refractivity contribution is -0.116. The van der Waals surface area contributed by atoms with Gasteiger partial charge in [0.15, 0.2) is 0 Å². The van der Waals surface area contributed by atoms with Crippen LogP contribution in [0.4, 0.5) is 9.80 Å². The number of hydrogen-bond acceptors (Lipinski definition) is 6. The number of fused-ring (bicyclic) bond motifs is 1. The molecule has 2 aromatic rings. The molecule has 7 nitrogen and oxygen atoms in total. The number of carbonyl (C=O) groups is 2. The van der Waals surface area contributed by atoms with Crippen LogP contribution in [0.25, 0.3) is 0 Å². The van der Waals surface area contributed by atoms with Crippen molar-refractivity contribution in [2.75, 3.05) is 25.1 Å². The minimum absolute atomic E-state index is 0.000154. The zero-order valence-corrected chi connectivity index (χ0v) is 18.9. The molecule has 0 bridgehead atoms. The molecule has 1 atom stereocenters. The van der Waals surface area contributed by atoms with Gasteiger partial charge in [0.1, 0.15) is 16.8 Å². The van der Waals surface area contributed by atoms with Gasteiger partial charge in [0.25, 0.3) is 0 Å². The molecule has 0 spiro atoms. The highest BCUT2D eigenvalue weighted by atomic mass is 32.1. The number of carbonyl (C=O) groups excluding carboxylic acids is 2. The molecule has 2 heterocycles. The van der Waals surface area contributed by atoms with Crippen molar-refractivity contribution in [3.05, 3.63) is 45.8 Å². The van der Waals surface area contributed by atoms with Crippen molar-refractivity contribution in [1.82, 2.24) is 4.90 Å². The first-order valence-electron chi connectivity index (χ1n) is 10.5. The van der Waals surface area contributed by atoms with Crippen molar-refractivity contribution in [3.8, 4) is 11.8 Å². The molecule has 0 aliphatic carbocycles. The molecule has 0 saturated carbocycles. The average molecular weight is 442 g/mol. The Morgan fingerprint density at radius 1 is 1.32 bits per heavy atom. The summed E-state index contributed by atoms with van der Waals surface area (Å²) in [5, 5.41) is 13.1. The second-order valence-corrected chi connectivity index (χ2v) is 8.45. The van der Waals surface area contributed by atoms with Gasteiger partial charge in [-0.3, -0.25) is 4.79 Å². The highest BCUT2D eigenvalue weighted by molar-refractivity contribution is 7.16. The van der Waals surface area contributed by atoms with Crippen LogP contribution < -0.4 is 10.1 Å². The van der Waals surface area contributed by atoms with Gasteiger partial charge in [-0.25, -0.2) is 4.79 Å². The number of ether oxygens (including phenoxy) is 2. The molecule has 0 fully saturated rings. The van der Waals surface area contributed by atoms with Crippen molar-refractivity contribution >= 4 is 28.3 Å². The zero-order chi connectivity index (χ0) is 22.4. The number of benzene rings is 1. The molecule has 1 aliphatic rings. The molecule has 1 aliphatic heterocycles. The third-order valence-electron chi connectivity index (χ3n) is 5.18. The summed E-state index contributed by atoms with van der Waals surface area (Å²) >= 11 is 1.36. The van der Waals surface area contributed by atoms with Crippen molar-refractivity contribution in [1.29, 1.82) is 5.26 Å². The van der Waals surface area contributed by atoms with Crippen LogP contribution in [0.15, 0.2) is 24.3 Å². The van der Waals surface area contributed by atoms with Gasteiger partial charge in [0.2, 0.25) is 5.91 Å². The average Bonchev–Trinajstić information content (AvgIpc) is 3.10. The Hall–Kier alpha value is -3.05. The smallest absolute Gasteiger partial charge is 0.410 e. The molecular formula is C23H27N3O4S. The molecule has 31 heavy (non-hydrogen) atoms. The van der Waals surface area contributed by atoms with E-state index in [1.165, 1.54) is 11.3 Å². The molecule has 3 rings (SSSR count). The van der Waals surface area contributed by atoms with E-state index in [1.54, 1.807) is 11.8 Å². The van der Waals surface area contributed by atoms with Crippen molar-refractivity contribution in [3.63, 3.8) is 0 Å². The van der Waals surface area contributed by atoms with Crippen LogP contribution in [0.1, 0.15) is 54.7 Å².